The summed E-state index contributed by atoms with van der Waals surface area (Å²) in [5.74, 6) is 0.199. The highest BCUT2D eigenvalue weighted by Crippen LogP contribution is 2.19. The van der Waals surface area contributed by atoms with Crippen LogP contribution in [0.4, 0.5) is 5.82 Å². The average Bonchev–Trinajstić information content (AvgIpc) is 2.32. The Morgan fingerprint density at radius 1 is 1.53 bits per heavy atom. The highest BCUT2D eigenvalue weighted by molar-refractivity contribution is 6.32. The van der Waals surface area contributed by atoms with Gasteiger partial charge in [-0.15, -0.1) is 0 Å². The number of piperidine rings is 1. The van der Waals surface area contributed by atoms with Crippen LogP contribution >= 0.6 is 11.6 Å². The monoisotopic (exact) mass is 254 g/mol. The number of carbonyl (C=O) groups is 2. The van der Waals surface area contributed by atoms with Crippen molar-refractivity contribution in [2.45, 2.75) is 18.9 Å². The summed E-state index contributed by atoms with van der Waals surface area (Å²) in [5.41, 5.74) is 0.174. The van der Waals surface area contributed by atoms with Gasteiger partial charge in [0.2, 0.25) is 5.91 Å². The molecule has 2 N–H and O–H groups in total. The fraction of sp³-hybridized carbons (Fsp3) is 0.400. The summed E-state index contributed by atoms with van der Waals surface area (Å²) in [6.45, 7) is 0.683. The van der Waals surface area contributed by atoms with Crippen molar-refractivity contribution >= 4 is 29.6 Å². The minimum atomic E-state index is -0.381. The van der Waals surface area contributed by atoms with E-state index in [1.165, 1.54) is 6.33 Å². The van der Waals surface area contributed by atoms with E-state index in [-0.39, 0.29) is 22.7 Å². The second-order valence-corrected chi connectivity index (χ2v) is 4.03. The first-order chi connectivity index (χ1) is 8.22. The lowest BCUT2D eigenvalue weighted by Crippen LogP contribution is -2.44. The van der Waals surface area contributed by atoms with Crippen molar-refractivity contribution < 1.29 is 9.59 Å². The molecule has 1 aliphatic heterocycles. The number of nitrogens with zero attached hydrogens (tertiary/aromatic N) is 2. The SMILES string of the molecule is O=Cc1c(Cl)ncnc1NC1CCCNC1=O. The molecule has 6 nitrogen and oxygen atoms in total. The molecule has 0 saturated carbocycles. The number of nitrogens with one attached hydrogen (secondary N) is 2. The average molecular weight is 255 g/mol. The summed E-state index contributed by atoms with van der Waals surface area (Å²) >= 11 is 5.76. The van der Waals surface area contributed by atoms with E-state index in [1.807, 2.05) is 0 Å². The molecular formula is C10H11ClN4O2. The van der Waals surface area contributed by atoms with E-state index in [0.29, 0.717) is 25.1 Å². The van der Waals surface area contributed by atoms with Crippen LogP contribution in [-0.4, -0.2) is 34.7 Å². The Morgan fingerprint density at radius 3 is 3.06 bits per heavy atom. The van der Waals surface area contributed by atoms with Crippen molar-refractivity contribution in [3.8, 4) is 0 Å². The Hall–Kier alpha value is -1.69. The van der Waals surface area contributed by atoms with Gasteiger partial charge in [-0.2, -0.15) is 0 Å². The normalized spacial score (nSPS) is 19.6. The van der Waals surface area contributed by atoms with Crippen LogP contribution in [0.3, 0.4) is 0 Å². The number of rotatable bonds is 3. The number of hydrogen-bond donors (Lipinski definition) is 2. The molecule has 1 saturated heterocycles. The lowest BCUT2D eigenvalue weighted by Gasteiger charge is -2.23. The van der Waals surface area contributed by atoms with Crippen LogP contribution in [0, 0.1) is 0 Å². The Balaban J connectivity index is 2.20. The quantitative estimate of drug-likeness (QED) is 0.611. The van der Waals surface area contributed by atoms with Crippen molar-refractivity contribution in [3.05, 3.63) is 17.0 Å². The zero-order valence-electron chi connectivity index (χ0n) is 8.94. The number of hydrogen-bond acceptors (Lipinski definition) is 5. The third-order valence-electron chi connectivity index (χ3n) is 2.55. The van der Waals surface area contributed by atoms with E-state index < -0.39 is 0 Å². The van der Waals surface area contributed by atoms with Crippen molar-refractivity contribution in [2.75, 3.05) is 11.9 Å². The third-order valence-corrected chi connectivity index (χ3v) is 2.85. The number of aldehydes is 1. The van der Waals surface area contributed by atoms with Gasteiger partial charge in [0.1, 0.15) is 23.3 Å². The lowest BCUT2D eigenvalue weighted by atomic mass is 10.1. The summed E-state index contributed by atoms with van der Waals surface area (Å²) in [6, 6.07) is -0.381. The molecule has 0 radical (unpaired) electrons. The number of aromatic nitrogens is 2. The van der Waals surface area contributed by atoms with Crippen LogP contribution in [0.5, 0.6) is 0 Å². The van der Waals surface area contributed by atoms with E-state index in [1.54, 1.807) is 0 Å². The smallest absolute Gasteiger partial charge is 0.242 e. The highest BCUT2D eigenvalue weighted by atomic mass is 35.5. The second kappa shape index (κ2) is 5.09. The molecule has 1 atom stereocenters. The summed E-state index contributed by atoms with van der Waals surface area (Å²) < 4.78 is 0. The zero-order chi connectivity index (χ0) is 12.3. The van der Waals surface area contributed by atoms with Gasteiger partial charge < -0.3 is 10.6 Å². The third kappa shape index (κ3) is 2.52. The van der Waals surface area contributed by atoms with Crippen LogP contribution in [-0.2, 0) is 4.79 Å². The molecule has 1 aromatic heterocycles. The van der Waals surface area contributed by atoms with Crippen LogP contribution in [0.2, 0.25) is 5.15 Å². The highest BCUT2D eigenvalue weighted by Gasteiger charge is 2.23. The minimum absolute atomic E-state index is 0.0775. The predicted molar refractivity (Wildman–Crippen MR) is 62.1 cm³/mol. The minimum Gasteiger partial charge on any atom is -0.358 e. The van der Waals surface area contributed by atoms with Gasteiger partial charge in [-0.1, -0.05) is 11.6 Å². The summed E-state index contributed by atoms with van der Waals surface area (Å²) in [7, 11) is 0. The summed E-state index contributed by atoms with van der Waals surface area (Å²) in [5, 5.41) is 5.73. The maximum absolute atomic E-state index is 11.5. The zero-order valence-corrected chi connectivity index (χ0v) is 9.70. The van der Waals surface area contributed by atoms with E-state index in [0.717, 1.165) is 6.42 Å². The lowest BCUT2D eigenvalue weighted by molar-refractivity contribution is -0.123. The first-order valence-corrected chi connectivity index (χ1v) is 5.60. The van der Waals surface area contributed by atoms with Gasteiger partial charge in [0.05, 0.1) is 5.56 Å². The van der Waals surface area contributed by atoms with E-state index in [2.05, 4.69) is 20.6 Å². The van der Waals surface area contributed by atoms with Crippen molar-refractivity contribution in [1.29, 1.82) is 0 Å². The number of amides is 1. The van der Waals surface area contributed by atoms with E-state index in [9.17, 15) is 9.59 Å². The Morgan fingerprint density at radius 2 is 2.35 bits per heavy atom. The van der Waals surface area contributed by atoms with Crippen molar-refractivity contribution in [1.82, 2.24) is 15.3 Å². The van der Waals surface area contributed by atoms with Gasteiger partial charge in [-0.25, -0.2) is 9.97 Å². The molecule has 1 amide bonds. The van der Waals surface area contributed by atoms with Gasteiger partial charge in [-0.3, -0.25) is 9.59 Å². The Labute approximate surface area is 103 Å². The Bertz CT molecular complexity index is 452. The molecule has 2 rings (SSSR count). The standard InChI is InChI=1S/C10H11ClN4O2/c11-8-6(4-16)9(14-5-13-8)15-7-2-1-3-12-10(7)17/h4-5,7H,1-3H2,(H,12,17)(H,13,14,15). The molecule has 1 aromatic rings. The molecule has 90 valence electrons. The molecule has 0 aromatic carbocycles. The fourth-order valence-corrected chi connectivity index (χ4v) is 1.85. The molecule has 0 spiro atoms. The number of halogens is 1. The second-order valence-electron chi connectivity index (χ2n) is 3.67. The first kappa shape index (κ1) is 11.8. The van der Waals surface area contributed by atoms with Crippen molar-refractivity contribution in [2.24, 2.45) is 0 Å². The Kier molecular flexibility index (Phi) is 3.53. The predicted octanol–water partition coefficient (Wildman–Crippen LogP) is 0.633. The number of carbonyl (C=O) groups excluding carboxylic acids is 2. The molecule has 1 fully saturated rings. The summed E-state index contributed by atoms with van der Waals surface area (Å²) in [6.07, 6.45) is 3.41. The molecule has 0 aliphatic carbocycles. The molecule has 1 unspecified atom stereocenters. The van der Waals surface area contributed by atoms with Gasteiger partial charge in [0.15, 0.2) is 6.29 Å². The largest absolute Gasteiger partial charge is 0.358 e. The van der Waals surface area contributed by atoms with E-state index in [4.69, 9.17) is 11.6 Å². The molecule has 1 aliphatic rings. The maximum atomic E-state index is 11.5. The molecular weight excluding hydrogens is 244 g/mol. The molecule has 7 heteroatoms. The van der Waals surface area contributed by atoms with Crippen LogP contribution in [0.25, 0.3) is 0 Å². The van der Waals surface area contributed by atoms with E-state index >= 15 is 0 Å². The number of anilines is 1. The van der Waals surface area contributed by atoms with Gasteiger partial charge in [0.25, 0.3) is 0 Å². The van der Waals surface area contributed by atoms with Crippen LogP contribution < -0.4 is 10.6 Å². The molecule has 2 heterocycles. The molecule has 0 bridgehead atoms. The maximum Gasteiger partial charge on any atom is 0.242 e. The van der Waals surface area contributed by atoms with Gasteiger partial charge in [-0.05, 0) is 12.8 Å². The van der Waals surface area contributed by atoms with Crippen molar-refractivity contribution in [3.63, 3.8) is 0 Å². The summed E-state index contributed by atoms with van der Waals surface area (Å²) in [4.78, 5) is 30.0. The fourth-order valence-electron chi connectivity index (χ4n) is 1.67. The first-order valence-electron chi connectivity index (χ1n) is 5.22. The topological polar surface area (TPSA) is 84.0 Å². The van der Waals surface area contributed by atoms with Gasteiger partial charge >= 0.3 is 0 Å². The van der Waals surface area contributed by atoms with Gasteiger partial charge in [0, 0.05) is 6.54 Å². The molecule has 17 heavy (non-hydrogen) atoms. The van der Waals surface area contributed by atoms with Crippen LogP contribution in [0.1, 0.15) is 23.2 Å². The van der Waals surface area contributed by atoms with Crippen LogP contribution in [0.15, 0.2) is 6.33 Å².